The monoisotopic (exact) mass is 425 g/mol. The second-order valence-corrected chi connectivity index (χ2v) is 8.15. The number of methoxy groups -OCH3 is 1. The predicted molar refractivity (Wildman–Crippen MR) is 131 cm³/mol. The molecule has 1 amide bonds. The van der Waals surface area contributed by atoms with Crippen LogP contribution in [0.4, 0.5) is 5.69 Å². The number of hydrogen-bond acceptors (Lipinski definition) is 3. The van der Waals surface area contributed by atoms with Crippen LogP contribution in [0.3, 0.4) is 0 Å². The number of amides is 1. The van der Waals surface area contributed by atoms with Crippen LogP contribution in [0.5, 0.6) is 5.75 Å². The molecule has 0 saturated carbocycles. The van der Waals surface area contributed by atoms with Gasteiger partial charge in [0, 0.05) is 34.3 Å². The summed E-state index contributed by atoms with van der Waals surface area (Å²) in [5.74, 6) is 0.484. The third-order valence-electron chi connectivity index (χ3n) is 5.74. The average molecular weight is 426 g/mol. The molecule has 4 heteroatoms. The number of fused-ring (bicyclic) bond motifs is 1. The Morgan fingerprint density at radius 1 is 0.969 bits per heavy atom. The summed E-state index contributed by atoms with van der Waals surface area (Å²) in [7, 11) is 1.62. The van der Waals surface area contributed by atoms with E-state index in [1.165, 1.54) is 11.1 Å². The molecule has 0 bridgehead atoms. The van der Waals surface area contributed by atoms with Crippen LogP contribution in [0.25, 0.3) is 27.7 Å². The molecular formula is C28H27NO3. The van der Waals surface area contributed by atoms with Gasteiger partial charge in [-0.1, -0.05) is 42.0 Å². The van der Waals surface area contributed by atoms with E-state index in [1.807, 2.05) is 50.2 Å². The zero-order chi connectivity index (χ0) is 22.8. The molecule has 162 valence electrons. The molecule has 0 aliphatic heterocycles. The van der Waals surface area contributed by atoms with Crippen LogP contribution in [0.15, 0.2) is 71.4 Å². The number of benzene rings is 3. The summed E-state index contributed by atoms with van der Waals surface area (Å²) in [6.45, 7) is 8.07. The molecule has 0 aliphatic rings. The summed E-state index contributed by atoms with van der Waals surface area (Å²) in [5, 5.41) is 3.94. The summed E-state index contributed by atoms with van der Waals surface area (Å²) in [4.78, 5) is 12.7. The summed E-state index contributed by atoms with van der Waals surface area (Å²) in [5.41, 5.74) is 8.80. The number of aryl methyl sites for hydroxylation is 3. The number of carbonyl (C=O) groups excluding carboxylic acids is 1. The molecule has 0 saturated heterocycles. The van der Waals surface area contributed by atoms with Gasteiger partial charge in [-0.15, -0.1) is 0 Å². The maximum Gasteiger partial charge on any atom is 0.248 e. The highest BCUT2D eigenvalue weighted by Crippen LogP contribution is 2.38. The lowest BCUT2D eigenvalue weighted by Crippen LogP contribution is -2.09. The lowest BCUT2D eigenvalue weighted by Gasteiger charge is -2.11. The molecule has 0 atom stereocenters. The molecule has 0 radical (unpaired) electrons. The van der Waals surface area contributed by atoms with Crippen molar-refractivity contribution in [1.82, 2.24) is 0 Å². The summed E-state index contributed by atoms with van der Waals surface area (Å²) in [6, 6.07) is 18.0. The number of furan rings is 1. The number of hydrogen-bond donors (Lipinski definition) is 1. The molecular weight excluding hydrogens is 398 g/mol. The van der Waals surface area contributed by atoms with Crippen LogP contribution in [-0.2, 0) is 4.79 Å². The minimum Gasteiger partial charge on any atom is -0.496 e. The molecule has 0 aliphatic carbocycles. The van der Waals surface area contributed by atoms with E-state index in [0.29, 0.717) is 5.75 Å². The Morgan fingerprint density at radius 3 is 2.47 bits per heavy atom. The summed E-state index contributed by atoms with van der Waals surface area (Å²) in [6.07, 6.45) is 3.39. The highest BCUT2D eigenvalue weighted by Gasteiger charge is 2.16. The van der Waals surface area contributed by atoms with Crippen LogP contribution in [-0.4, -0.2) is 13.0 Å². The van der Waals surface area contributed by atoms with Crippen molar-refractivity contribution in [2.45, 2.75) is 27.7 Å². The fourth-order valence-electron chi connectivity index (χ4n) is 4.01. The molecule has 0 unspecified atom stereocenters. The minimum absolute atomic E-state index is 0.180. The number of nitrogens with one attached hydrogen (secondary N) is 1. The number of allylic oxidation sites excluding steroid dienone is 1. The zero-order valence-electron chi connectivity index (χ0n) is 19.1. The first-order valence-corrected chi connectivity index (χ1v) is 10.6. The van der Waals surface area contributed by atoms with E-state index in [0.717, 1.165) is 44.5 Å². The second kappa shape index (κ2) is 8.75. The van der Waals surface area contributed by atoms with Crippen molar-refractivity contribution in [2.75, 3.05) is 12.4 Å². The van der Waals surface area contributed by atoms with Crippen molar-refractivity contribution in [1.29, 1.82) is 0 Å². The number of anilines is 1. The minimum atomic E-state index is -0.180. The first kappa shape index (κ1) is 21.4. The molecule has 3 aromatic carbocycles. The van der Waals surface area contributed by atoms with Crippen molar-refractivity contribution in [3.05, 3.63) is 89.2 Å². The Labute approximate surface area is 188 Å². The summed E-state index contributed by atoms with van der Waals surface area (Å²) < 4.78 is 11.5. The van der Waals surface area contributed by atoms with Crippen molar-refractivity contribution in [3.8, 4) is 16.9 Å². The van der Waals surface area contributed by atoms with Gasteiger partial charge in [0.1, 0.15) is 11.3 Å². The van der Waals surface area contributed by atoms with Gasteiger partial charge in [-0.05, 0) is 62.1 Å². The Morgan fingerprint density at radius 2 is 1.75 bits per heavy atom. The lowest BCUT2D eigenvalue weighted by molar-refractivity contribution is -0.111. The van der Waals surface area contributed by atoms with E-state index in [1.54, 1.807) is 19.4 Å². The largest absolute Gasteiger partial charge is 0.496 e. The molecule has 1 N–H and O–H groups in total. The Bertz CT molecular complexity index is 1340. The van der Waals surface area contributed by atoms with Gasteiger partial charge in [-0.3, -0.25) is 4.79 Å². The maximum atomic E-state index is 12.7. The first-order chi connectivity index (χ1) is 15.4. The Kier molecular flexibility index (Phi) is 5.87. The highest BCUT2D eigenvalue weighted by molar-refractivity contribution is 6.05. The van der Waals surface area contributed by atoms with Crippen LogP contribution < -0.4 is 10.1 Å². The van der Waals surface area contributed by atoms with Gasteiger partial charge in [0.2, 0.25) is 5.91 Å². The van der Waals surface area contributed by atoms with Gasteiger partial charge >= 0.3 is 0 Å². The standard InChI is InChI=1S/C28H27NO3/c1-17-10-11-21(19(3)12-17)24-16-32-27-15-26(31-5)22(14-23(24)27)20(4)13-28(30)29-25-9-7-6-8-18(25)2/h6-16H,1-5H3,(H,29,30)/b20-13+. The first-order valence-electron chi connectivity index (χ1n) is 10.6. The molecule has 0 fully saturated rings. The van der Waals surface area contributed by atoms with E-state index in [9.17, 15) is 4.79 Å². The van der Waals surface area contributed by atoms with E-state index in [2.05, 4.69) is 37.4 Å². The van der Waals surface area contributed by atoms with Crippen LogP contribution in [0, 0.1) is 20.8 Å². The molecule has 4 nitrogen and oxygen atoms in total. The quantitative estimate of drug-likeness (QED) is 0.348. The van der Waals surface area contributed by atoms with Gasteiger partial charge in [-0.25, -0.2) is 0 Å². The van der Waals surface area contributed by atoms with Gasteiger partial charge < -0.3 is 14.5 Å². The second-order valence-electron chi connectivity index (χ2n) is 8.15. The van der Waals surface area contributed by atoms with Crippen molar-refractivity contribution in [3.63, 3.8) is 0 Å². The highest BCUT2D eigenvalue weighted by atomic mass is 16.5. The Balaban J connectivity index is 1.75. The molecule has 4 aromatic rings. The molecule has 1 aromatic heterocycles. The molecule has 1 heterocycles. The van der Waals surface area contributed by atoms with Gasteiger partial charge in [0.05, 0.1) is 13.4 Å². The number of rotatable bonds is 5. The van der Waals surface area contributed by atoms with E-state index >= 15 is 0 Å². The molecule has 4 rings (SSSR count). The zero-order valence-corrected chi connectivity index (χ0v) is 19.1. The van der Waals surface area contributed by atoms with Crippen LogP contribution >= 0.6 is 0 Å². The lowest BCUT2D eigenvalue weighted by atomic mass is 9.96. The SMILES string of the molecule is COc1cc2occ(-c3ccc(C)cc3C)c2cc1/C(C)=C/C(=O)Nc1ccccc1C. The van der Waals surface area contributed by atoms with Crippen LogP contribution in [0.1, 0.15) is 29.2 Å². The fraction of sp³-hybridized carbons (Fsp3) is 0.179. The molecule has 32 heavy (non-hydrogen) atoms. The van der Waals surface area contributed by atoms with E-state index in [-0.39, 0.29) is 5.91 Å². The van der Waals surface area contributed by atoms with Crippen molar-refractivity contribution < 1.29 is 13.9 Å². The predicted octanol–water partition coefficient (Wildman–Crippen LogP) is 7.08. The number of ether oxygens (including phenoxy) is 1. The smallest absolute Gasteiger partial charge is 0.248 e. The fourth-order valence-corrected chi connectivity index (χ4v) is 4.01. The van der Waals surface area contributed by atoms with Crippen molar-refractivity contribution >= 4 is 28.1 Å². The van der Waals surface area contributed by atoms with Gasteiger partial charge in [0.15, 0.2) is 0 Å². The van der Waals surface area contributed by atoms with Gasteiger partial charge in [0.25, 0.3) is 0 Å². The number of carbonyl (C=O) groups is 1. The van der Waals surface area contributed by atoms with E-state index in [4.69, 9.17) is 9.15 Å². The summed E-state index contributed by atoms with van der Waals surface area (Å²) >= 11 is 0. The average Bonchev–Trinajstić information content (AvgIpc) is 3.17. The van der Waals surface area contributed by atoms with Crippen LogP contribution in [0.2, 0.25) is 0 Å². The number of para-hydroxylation sites is 1. The third-order valence-corrected chi connectivity index (χ3v) is 5.74. The van der Waals surface area contributed by atoms with E-state index < -0.39 is 0 Å². The van der Waals surface area contributed by atoms with Crippen molar-refractivity contribution in [2.24, 2.45) is 0 Å². The molecule has 0 spiro atoms. The maximum absolute atomic E-state index is 12.7. The normalized spacial score (nSPS) is 11.6. The third kappa shape index (κ3) is 4.17. The Hall–Kier alpha value is -3.79. The van der Waals surface area contributed by atoms with Gasteiger partial charge in [-0.2, -0.15) is 0 Å². The topological polar surface area (TPSA) is 51.5 Å².